The number of imidazole rings is 1. The summed E-state index contributed by atoms with van der Waals surface area (Å²) in [5.41, 5.74) is 3.96. The van der Waals surface area contributed by atoms with Gasteiger partial charge in [-0.05, 0) is 36.2 Å². The maximum Gasteiger partial charge on any atom is 0.573 e. The van der Waals surface area contributed by atoms with Crippen LogP contribution in [0.2, 0.25) is 0 Å². The molecule has 1 fully saturated rings. The van der Waals surface area contributed by atoms with Crippen LogP contribution in [0, 0.1) is 6.92 Å². The lowest BCUT2D eigenvalue weighted by Crippen LogP contribution is -2.33. The second-order valence-electron chi connectivity index (χ2n) is 9.40. The number of amides is 2. The lowest BCUT2D eigenvalue weighted by Gasteiger charge is -2.23. The van der Waals surface area contributed by atoms with Crippen LogP contribution in [-0.2, 0) is 4.84 Å². The van der Waals surface area contributed by atoms with E-state index in [0.29, 0.717) is 35.6 Å². The van der Waals surface area contributed by atoms with Crippen molar-refractivity contribution in [3.63, 3.8) is 0 Å². The Labute approximate surface area is 236 Å². The SMILES string of the molecule is Cc1ccc(NC(=O)N2OCC[C@@H]2c2ccccc2)cc1Nc1ncc(OC(F)(F)F)cc1-c1ncnc2nc[nH]c12. The summed E-state index contributed by atoms with van der Waals surface area (Å²) in [7, 11) is 0. The number of ether oxygens (including phenoxy) is 1. The zero-order chi connectivity index (χ0) is 29.3. The van der Waals surface area contributed by atoms with Crippen molar-refractivity contribution in [1.29, 1.82) is 0 Å². The van der Waals surface area contributed by atoms with E-state index in [9.17, 15) is 18.0 Å². The summed E-state index contributed by atoms with van der Waals surface area (Å²) in [4.78, 5) is 38.4. The van der Waals surface area contributed by atoms with Gasteiger partial charge in [0.1, 0.15) is 29.1 Å². The highest BCUT2D eigenvalue weighted by Crippen LogP contribution is 2.36. The van der Waals surface area contributed by atoms with Crippen LogP contribution in [0.3, 0.4) is 0 Å². The molecule has 1 saturated heterocycles. The number of aromatic nitrogens is 5. The van der Waals surface area contributed by atoms with Gasteiger partial charge in [-0.25, -0.2) is 24.7 Å². The summed E-state index contributed by atoms with van der Waals surface area (Å²) in [6.07, 6.45) is -0.635. The van der Waals surface area contributed by atoms with Crippen LogP contribution in [0.15, 0.2) is 73.4 Å². The molecule has 42 heavy (non-hydrogen) atoms. The average Bonchev–Trinajstić information content (AvgIpc) is 3.65. The van der Waals surface area contributed by atoms with Crippen molar-refractivity contribution >= 4 is 34.4 Å². The van der Waals surface area contributed by atoms with Crippen LogP contribution in [0.5, 0.6) is 5.75 Å². The van der Waals surface area contributed by atoms with Gasteiger partial charge in [0.05, 0.1) is 25.2 Å². The van der Waals surface area contributed by atoms with Gasteiger partial charge in [0.25, 0.3) is 0 Å². The van der Waals surface area contributed by atoms with Crippen molar-refractivity contribution < 1.29 is 27.5 Å². The first kappa shape index (κ1) is 27.0. The van der Waals surface area contributed by atoms with E-state index >= 15 is 0 Å². The molecular weight excluding hydrogens is 553 g/mol. The molecule has 214 valence electrons. The van der Waals surface area contributed by atoms with Gasteiger partial charge in [-0.1, -0.05) is 36.4 Å². The van der Waals surface area contributed by atoms with Crippen LogP contribution in [0.25, 0.3) is 22.4 Å². The number of fused-ring (bicyclic) bond motifs is 1. The van der Waals surface area contributed by atoms with Crippen molar-refractivity contribution in [1.82, 2.24) is 30.0 Å². The Kier molecular flexibility index (Phi) is 7.04. The number of aryl methyl sites for hydroxylation is 1. The predicted molar refractivity (Wildman–Crippen MR) is 147 cm³/mol. The molecule has 5 aromatic rings. The highest BCUT2D eigenvalue weighted by Gasteiger charge is 2.33. The number of nitrogens with zero attached hydrogens (tertiary/aromatic N) is 5. The van der Waals surface area contributed by atoms with Gasteiger partial charge in [-0.15, -0.1) is 13.2 Å². The van der Waals surface area contributed by atoms with E-state index in [-0.39, 0.29) is 23.1 Å². The smallest absolute Gasteiger partial charge is 0.404 e. The van der Waals surface area contributed by atoms with Crippen LogP contribution in [0.1, 0.15) is 23.6 Å². The maximum absolute atomic E-state index is 13.2. The van der Waals surface area contributed by atoms with Crippen molar-refractivity contribution in [3.05, 3.63) is 84.6 Å². The number of hydrogen-bond acceptors (Lipinski definition) is 8. The summed E-state index contributed by atoms with van der Waals surface area (Å²) in [6, 6.07) is 15.3. The van der Waals surface area contributed by atoms with Crippen LogP contribution in [-0.4, -0.2) is 49.0 Å². The fourth-order valence-electron chi connectivity index (χ4n) is 4.67. The van der Waals surface area contributed by atoms with Crippen molar-refractivity contribution in [2.75, 3.05) is 17.2 Å². The van der Waals surface area contributed by atoms with Crippen LogP contribution < -0.4 is 15.4 Å². The molecule has 0 saturated carbocycles. The average molecular weight is 577 g/mol. The minimum atomic E-state index is -4.91. The topological polar surface area (TPSA) is 130 Å². The number of nitrogens with one attached hydrogen (secondary N) is 3. The molecule has 0 bridgehead atoms. The number of rotatable bonds is 6. The third-order valence-corrected chi connectivity index (χ3v) is 6.61. The Morgan fingerprint density at radius 1 is 1.10 bits per heavy atom. The van der Waals surface area contributed by atoms with Gasteiger partial charge in [0.15, 0.2) is 5.65 Å². The molecule has 1 aliphatic heterocycles. The van der Waals surface area contributed by atoms with E-state index in [1.165, 1.54) is 23.8 Å². The number of hydroxylamine groups is 2. The fourth-order valence-corrected chi connectivity index (χ4v) is 4.67. The van der Waals surface area contributed by atoms with Gasteiger partial charge in [0.2, 0.25) is 0 Å². The zero-order valence-electron chi connectivity index (χ0n) is 22.0. The number of halogens is 3. The standard InChI is InChI=1S/C28H23F3N8O3/c1-16-7-8-18(37-27(40)39-22(9-10-41-39)17-5-3-2-4-6-17)11-21(16)38-25-20(12-19(13-32-25)42-28(29,30)31)23-24-26(35-14-33-23)36-15-34-24/h2-8,11-15,22H,9-10H2,1H3,(H,32,38)(H,37,40)(H,33,34,35,36)/t22-/m1/s1. The first-order valence-corrected chi connectivity index (χ1v) is 12.8. The number of pyridine rings is 1. The highest BCUT2D eigenvalue weighted by atomic mass is 19.4. The Morgan fingerprint density at radius 3 is 2.74 bits per heavy atom. The third-order valence-electron chi connectivity index (χ3n) is 6.61. The third kappa shape index (κ3) is 5.65. The fraction of sp³-hybridized carbons (Fsp3) is 0.179. The molecule has 0 radical (unpaired) electrons. The molecule has 2 aromatic carbocycles. The molecule has 6 rings (SSSR count). The van der Waals surface area contributed by atoms with E-state index in [0.717, 1.165) is 17.3 Å². The maximum atomic E-state index is 13.2. The normalized spacial score (nSPS) is 15.1. The molecule has 0 unspecified atom stereocenters. The van der Waals surface area contributed by atoms with Crippen molar-refractivity contribution in [3.8, 4) is 17.0 Å². The molecule has 1 aliphatic rings. The van der Waals surface area contributed by atoms with Gasteiger partial charge in [0, 0.05) is 23.4 Å². The second kappa shape index (κ2) is 11.0. The predicted octanol–water partition coefficient (Wildman–Crippen LogP) is 6.28. The Bertz CT molecular complexity index is 1750. The van der Waals surface area contributed by atoms with E-state index in [2.05, 4.69) is 40.3 Å². The molecule has 2 amide bonds. The van der Waals surface area contributed by atoms with Crippen molar-refractivity contribution in [2.45, 2.75) is 25.7 Å². The molecule has 3 aromatic heterocycles. The second-order valence-corrected chi connectivity index (χ2v) is 9.40. The molecule has 3 N–H and O–H groups in total. The molecule has 11 nitrogen and oxygen atoms in total. The molecule has 0 spiro atoms. The lowest BCUT2D eigenvalue weighted by atomic mass is 10.1. The van der Waals surface area contributed by atoms with Crippen LogP contribution >= 0.6 is 0 Å². The summed E-state index contributed by atoms with van der Waals surface area (Å²) < 4.78 is 43.1. The van der Waals surface area contributed by atoms with Gasteiger partial charge in [-0.3, -0.25) is 4.84 Å². The number of anilines is 3. The number of alkyl halides is 3. The van der Waals surface area contributed by atoms with E-state index < -0.39 is 18.1 Å². The quantitative estimate of drug-likeness (QED) is 0.216. The minimum Gasteiger partial charge on any atom is -0.404 e. The first-order valence-electron chi connectivity index (χ1n) is 12.8. The number of carbonyl (C=O) groups excluding carboxylic acids is 1. The summed E-state index contributed by atoms with van der Waals surface area (Å²) in [5, 5.41) is 7.35. The number of carbonyl (C=O) groups is 1. The largest absolute Gasteiger partial charge is 0.573 e. The minimum absolute atomic E-state index is 0.192. The van der Waals surface area contributed by atoms with Crippen molar-refractivity contribution in [2.24, 2.45) is 0 Å². The van der Waals surface area contributed by atoms with Crippen LogP contribution in [0.4, 0.5) is 35.2 Å². The Balaban J connectivity index is 1.30. The highest BCUT2D eigenvalue weighted by molar-refractivity contribution is 5.93. The molecule has 0 aliphatic carbocycles. The molecular formula is C28H23F3N8O3. The zero-order valence-corrected chi connectivity index (χ0v) is 22.0. The summed E-state index contributed by atoms with van der Waals surface area (Å²) in [6.45, 7) is 2.24. The Hall–Kier alpha value is -5.24. The van der Waals surface area contributed by atoms with Gasteiger partial charge >= 0.3 is 12.4 Å². The Morgan fingerprint density at radius 2 is 1.93 bits per heavy atom. The van der Waals surface area contributed by atoms with E-state index in [4.69, 9.17) is 4.84 Å². The molecule has 1 atom stereocenters. The van der Waals surface area contributed by atoms with Gasteiger partial charge < -0.3 is 20.4 Å². The number of urea groups is 1. The summed E-state index contributed by atoms with van der Waals surface area (Å²) in [5.74, 6) is -0.330. The van der Waals surface area contributed by atoms with E-state index in [1.54, 1.807) is 18.2 Å². The number of benzene rings is 2. The monoisotopic (exact) mass is 576 g/mol. The van der Waals surface area contributed by atoms with Gasteiger partial charge in [-0.2, -0.15) is 5.06 Å². The molecule has 4 heterocycles. The lowest BCUT2D eigenvalue weighted by molar-refractivity contribution is -0.274. The first-order chi connectivity index (χ1) is 20.2. The van der Waals surface area contributed by atoms with E-state index in [1.807, 2.05) is 37.3 Å². The number of hydrogen-bond donors (Lipinski definition) is 3. The summed E-state index contributed by atoms with van der Waals surface area (Å²) >= 11 is 0. The molecule has 14 heteroatoms. The number of aromatic amines is 1. The number of H-pyrrole nitrogens is 1.